The fourth-order valence-electron chi connectivity index (χ4n) is 1.14. The molecule has 0 saturated carbocycles. The summed E-state index contributed by atoms with van der Waals surface area (Å²) in [5.74, 6) is 0. The van der Waals surface area contributed by atoms with Gasteiger partial charge < -0.3 is 0 Å². The topological polar surface area (TPSA) is 28.6 Å². The Morgan fingerprint density at radius 1 is 1.13 bits per heavy atom. The summed E-state index contributed by atoms with van der Waals surface area (Å²) in [6.45, 7) is 2.06. The number of nitrogens with zero attached hydrogens (tertiary/aromatic N) is 3. The number of thiazole rings is 1. The molecule has 3 nitrogen and oxygen atoms in total. The highest BCUT2D eigenvalue weighted by Crippen LogP contribution is 2.18. The van der Waals surface area contributed by atoms with Crippen molar-refractivity contribution < 1.29 is 4.57 Å². The quantitative estimate of drug-likeness (QED) is 0.546. The van der Waals surface area contributed by atoms with Gasteiger partial charge in [-0.1, -0.05) is 17.7 Å². The molecule has 15 heavy (non-hydrogen) atoms. The number of hydrogen-bond donors (Lipinski definition) is 0. The molecule has 1 aromatic heterocycles. The highest BCUT2D eigenvalue weighted by Gasteiger charge is 2.06. The number of rotatable bonds is 2. The van der Waals surface area contributed by atoms with Crippen molar-refractivity contribution in [3.8, 4) is 0 Å². The molecule has 0 saturated heterocycles. The maximum Gasteiger partial charge on any atom is 0.408 e. The molecule has 0 fully saturated rings. The fourth-order valence-corrected chi connectivity index (χ4v) is 1.82. The van der Waals surface area contributed by atoms with E-state index in [1.165, 1.54) is 5.56 Å². The van der Waals surface area contributed by atoms with Gasteiger partial charge in [-0.25, -0.2) is 4.57 Å². The van der Waals surface area contributed by atoms with Crippen molar-refractivity contribution in [3.63, 3.8) is 0 Å². The van der Waals surface area contributed by atoms with E-state index in [4.69, 9.17) is 0 Å². The summed E-state index contributed by atoms with van der Waals surface area (Å²) in [7, 11) is 1.96. The van der Waals surface area contributed by atoms with E-state index >= 15 is 0 Å². The Bertz CT molecular complexity index is 471. The van der Waals surface area contributed by atoms with Crippen LogP contribution in [0.4, 0.5) is 10.8 Å². The molecule has 0 aliphatic heterocycles. The van der Waals surface area contributed by atoms with Gasteiger partial charge in [0, 0.05) is 5.38 Å². The third kappa shape index (κ3) is 2.47. The van der Waals surface area contributed by atoms with Crippen molar-refractivity contribution in [2.24, 2.45) is 17.3 Å². The van der Waals surface area contributed by atoms with Gasteiger partial charge in [-0.15, -0.1) is 0 Å². The van der Waals surface area contributed by atoms with Crippen LogP contribution in [0.1, 0.15) is 5.56 Å². The van der Waals surface area contributed by atoms with E-state index in [9.17, 15) is 0 Å². The van der Waals surface area contributed by atoms with Crippen molar-refractivity contribution in [2.75, 3.05) is 0 Å². The van der Waals surface area contributed by atoms with Crippen LogP contribution in [0.5, 0.6) is 0 Å². The molecule has 0 bridgehead atoms. The summed E-state index contributed by atoms with van der Waals surface area (Å²) in [6.07, 6.45) is 1.97. The first kappa shape index (κ1) is 9.98. The first-order chi connectivity index (χ1) is 7.25. The first-order valence-corrected chi connectivity index (χ1v) is 5.55. The van der Waals surface area contributed by atoms with E-state index in [0.29, 0.717) is 0 Å². The average Bonchev–Trinajstić information content (AvgIpc) is 2.63. The molecule has 0 amide bonds. The van der Waals surface area contributed by atoms with Crippen molar-refractivity contribution in [1.82, 2.24) is 0 Å². The number of hydrogen-bond acceptors (Lipinski definition) is 3. The van der Waals surface area contributed by atoms with Crippen LogP contribution in [-0.4, -0.2) is 0 Å². The summed E-state index contributed by atoms with van der Waals surface area (Å²) in [5, 5.41) is 11.2. The Hall–Kier alpha value is -1.55. The van der Waals surface area contributed by atoms with Crippen LogP contribution < -0.4 is 4.57 Å². The Kier molecular flexibility index (Phi) is 2.87. The molecular weight excluding hydrogens is 206 g/mol. The minimum Gasteiger partial charge on any atom is -0.222 e. The number of aromatic nitrogens is 1. The molecule has 0 spiro atoms. The molecule has 1 heterocycles. The summed E-state index contributed by atoms with van der Waals surface area (Å²) in [4.78, 5) is 0. The molecule has 0 N–H and O–H groups in total. The molecule has 2 aromatic rings. The van der Waals surface area contributed by atoms with Gasteiger partial charge in [0.05, 0.1) is 12.2 Å². The van der Waals surface area contributed by atoms with E-state index in [2.05, 4.69) is 17.2 Å². The third-order valence-corrected chi connectivity index (χ3v) is 2.88. The molecule has 0 radical (unpaired) electrons. The van der Waals surface area contributed by atoms with Crippen molar-refractivity contribution >= 4 is 22.2 Å². The lowest BCUT2D eigenvalue weighted by Crippen LogP contribution is -2.23. The molecule has 1 aromatic carbocycles. The predicted octanol–water partition coefficient (Wildman–Crippen LogP) is 3.30. The number of benzene rings is 1. The van der Waals surface area contributed by atoms with Gasteiger partial charge in [-0.05, 0) is 35.5 Å². The van der Waals surface area contributed by atoms with E-state index < -0.39 is 0 Å². The van der Waals surface area contributed by atoms with Gasteiger partial charge in [0.25, 0.3) is 0 Å². The highest BCUT2D eigenvalue weighted by molar-refractivity contribution is 7.12. The lowest BCUT2D eigenvalue weighted by Gasteiger charge is -1.89. The van der Waals surface area contributed by atoms with Crippen LogP contribution in [-0.2, 0) is 7.05 Å². The summed E-state index contributed by atoms with van der Waals surface area (Å²) in [6, 6.07) is 7.99. The second-order valence-electron chi connectivity index (χ2n) is 3.33. The van der Waals surface area contributed by atoms with E-state index in [-0.39, 0.29) is 0 Å². The Morgan fingerprint density at radius 2 is 1.87 bits per heavy atom. The Morgan fingerprint density at radius 3 is 2.47 bits per heavy atom. The van der Waals surface area contributed by atoms with Crippen molar-refractivity contribution in [3.05, 3.63) is 41.4 Å². The Balaban J connectivity index is 2.19. The SMILES string of the molecule is Cc1ccc(N=Nc2scc[n+]2C)cc1. The number of azo groups is 1. The monoisotopic (exact) mass is 218 g/mol. The largest absolute Gasteiger partial charge is 0.408 e. The van der Waals surface area contributed by atoms with Crippen LogP contribution in [0.25, 0.3) is 0 Å². The standard InChI is InChI=1S/C11H12N3S/c1-9-3-5-10(6-4-9)12-13-11-14(2)7-8-15-11/h3-8H,1-2H3/q+1. The van der Waals surface area contributed by atoms with Crippen LogP contribution in [0.2, 0.25) is 0 Å². The predicted molar refractivity (Wildman–Crippen MR) is 60.9 cm³/mol. The molecule has 76 valence electrons. The highest BCUT2D eigenvalue weighted by atomic mass is 32.1. The van der Waals surface area contributed by atoms with Gasteiger partial charge in [-0.3, -0.25) is 0 Å². The fraction of sp³-hybridized carbons (Fsp3) is 0.182. The molecular formula is C11H12N3S+. The molecule has 4 heteroatoms. The van der Waals surface area contributed by atoms with Crippen LogP contribution in [0.3, 0.4) is 0 Å². The molecule has 0 aliphatic rings. The molecule has 2 rings (SSSR count). The third-order valence-electron chi connectivity index (χ3n) is 2.04. The summed E-state index contributed by atoms with van der Waals surface area (Å²) < 4.78 is 1.95. The molecule has 0 atom stereocenters. The second kappa shape index (κ2) is 4.31. The van der Waals surface area contributed by atoms with Crippen LogP contribution in [0, 0.1) is 6.92 Å². The summed E-state index contributed by atoms with van der Waals surface area (Å²) in [5.41, 5.74) is 2.12. The normalized spacial score (nSPS) is 11.1. The minimum absolute atomic E-state index is 0.883. The minimum atomic E-state index is 0.883. The van der Waals surface area contributed by atoms with Crippen LogP contribution >= 0.6 is 11.3 Å². The zero-order chi connectivity index (χ0) is 10.7. The van der Waals surface area contributed by atoms with Crippen molar-refractivity contribution in [2.45, 2.75) is 6.92 Å². The van der Waals surface area contributed by atoms with Gasteiger partial charge in [0.2, 0.25) is 0 Å². The molecule has 0 aliphatic carbocycles. The summed E-state index contributed by atoms with van der Waals surface area (Å²) >= 11 is 1.57. The lowest BCUT2D eigenvalue weighted by atomic mass is 10.2. The lowest BCUT2D eigenvalue weighted by molar-refractivity contribution is -0.654. The van der Waals surface area contributed by atoms with E-state index in [1.807, 2.05) is 47.5 Å². The smallest absolute Gasteiger partial charge is 0.222 e. The van der Waals surface area contributed by atoms with Gasteiger partial charge in [-0.2, -0.15) is 0 Å². The van der Waals surface area contributed by atoms with E-state index in [1.54, 1.807) is 11.3 Å². The van der Waals surface area contributed by atoms with Gasteiger partial charge >= 0.3 is 5.13 Å². The maximum atomic E-state index is 4.17. The number of aryl methyl sites for hydroxylation is 2. The second-order valence-corrected chi connectivity index (χ2v) is 4.21. The maximum absolute atomic E-state index is 4.17. The zero-order valence-electron chi connectivity index (χ0n) is 8.71. The van der Waals surface area contributed by atoms with E-state index in [0.717, 1.165) is 10.8 Å². The first-order valence-electron chi connectivity index (χ1n) is 4.67. The van der Waals surface area contributed by atoms with Crippen molar-refractivity contribution in [1.29, 1.82) is 0 Å². The van der Waals surface area contributed by atoms with Crippen LogP contribution in [0.15, 0.2) is 46.1 Å². The average molecular weight is 218 g/mol. The molecule has 0 unspecified atom stereocenters. The Labute approximate surface area is 92.7 Å². The zero-order valence-corrected chi connectivity index (χ0v) is 9.53. The van der Waals surface area contributed by atoms with Gasteiger partial charge in [0.1, 0.15) is 11.9 Å². The van der Waals surface area contributed by atoms with Gasteiger partial charge in [0.15, 0.2) is 0 Å².